The molecule has 1 aromatic heterocycles. The fourth-order valence-electron chi connectivity index (χ4n) is 1.40. The van der Waals surface area contributed by atoms with Crippen molar-refractivity contribution in [1.82, 2.24) is 9.78 Å². The van der Waals surface area contributed by atoms with E-state index in [0.29, 0.717) is 12.5 Å². The number of hydrogen-bond acceptors (Lipinski definition) is 3. The van der Waals surface area contributed by atoms with Crippen LogP contribution in [0.15, 0.2) is 12.3 Å². The molecule has 0 bridgehead atoms. The summed E-state index contributed by atoms with van der Waals surface area (Å²) in [5.74, 6) is 1.32. The van der Waals surface area contributed by atoms with Crippen LogP contribution in [-0.4, -0.2) is 21.9 Å². The Morgan fingerprint density at radius 3 is 2.67 bits per heavy atom. The summed E-state index contributed by atoms with van der Waals surface area (Å²) in [7, 11) is 0. The lowest BCUT2D eigenvalue weighted by molar-refractivity contribution is 0.253. The van der Waals surface area contributed by atoms with E-state index in [1.54, 1.807) is 4.68 Å². The van der Waals surface area contributed by atoms with E-state index in [4.69, 9.17) is 10.5 Å². The lowest BCUT2D eigenvalue weighted by atomic mass is 10.1. The van der Waals surface area contributed by atoms with Crippen molar-refractivity contribution in [3.05, 3.63) is 17.8 Å². The lowest BCUT2D eigenvalue weighted by Crippen LogP contribution is -2.28. The van der Waals surface area contributed by atoms with Crippen LogP contribution >= 0.6 is 0 Å². The molecule has 1 heterocycles. The first-order valence-electron chi connectivity index (χ1n) is 6.51. The Hall–Kier alpha value is -1.29. The second-order valence-corrected chi connectivity index (χ2v) is 5.62. The molecular weight excluding hydrogens is 226 g/mol. The molecule has 1 rings (SSSR count). The maximum Gasteiger partial charge on any atom is 0.219 e. The van der Waals surface area contributed by atoms with Crippen LogP contribution in [0.1, 0.15) is 40.2 Å². The SMILES string of the molecule is CCc1cnn(/C=C/C(C)(C)N)c1OCC(C)C. The van der Waals surface area contributed by atoms with Gasteiger partial charge in [-0.3, -0.25) is 0 Å². The number of rotatable bonds is 6. The van der Waals surface area contributed by atoms with Gasteiger partial charge in [0.2, 0.25) is 5.88 Å². The average Bonchev–Trinajstić information content (AvgIpc) is 2.64. The van der Waals surface area contributed by atoms with E-state index in [1.807, 2.05) is 32.3 Å². The molecule has 0 saturated heterocycles. The largest absolute Gasteiger partial charge is 0.477 e. The predicted octanol–water partition coefficient (Wildman–Crippen LogP) is 2.69. The Labute approximate surface area is 110 Å². The monoisotopic (exact) mass is 251 g/mol. The number of nitrogens with two attached hydrogens (primary N) is 1. The highest BCUT2D eigenvalue weighted by Crippen LogP contribution is 2.20. The third-order valence-electron chi connectivity index (χ3n) is 2.40. The van der Waals surface area contributed by atoms with E-state index < -0.39 is 0 Å². The van der Waals surface area contributed by atoms with Gasteiger partial charge in [0.1, 0.15) is 0 Å². The molecule has 0 aromatic carbocycles. The van der Waals surface area contributed by atoms with Gasteiger partial charge in [0.05, 0.1) is 12.8 Å². The number of nitrogens with zero attached hydrogens (tertiary/aromatic N) is 2. The molecule has 0 aliphatic carbocycles. The summed E-state index contributed by atoms with van der Waals surface area (Å²) in [5, 5.41) is 4.32. The molecule has 0 spiro atoms. The summed E-state index contributed by atoms with van der Waals surface area (Å²) in [6.45, 7) is 10.9. The van der Waals surface area contributed by atoms with Crippen molar-refractivity contribution < 1.29 is 4.74 Å². The molecule has 18 heavy (non-hydrogen) atoms. The molecule has 0 aliphatic rings. The molecule has 4 heteroatoms. The smallest absolute Gasteiger partial charge is 0.219 e. The molecule has 1 aromatic rings. The highest BCUT2D eigenvalue weighted by Gasteiger charge is 2.11. The quantitative estimate of drug-likeness (QED) is 0.845. The Bertz CT molecular complexity index is 400. The predicted molar refractivity (Wildman–Crippen MR) is 75.5 cm³/mol. The zero-order valence-corrected chi connectivity index (χ0v) is 12.1. The summed E-state index contributed by atoms with van der Waals surface area (Å²) >= 11 is 0. The third-order valence-corrected chi connectivity index (χ3v) is 2.40. The van der Waals surface area contributed by atoms with Gasteiger partial charge in [-0.15, -0.1) is 0 Å². The molecule has 0 aliphatic heterocycles. The van der Waals surface area contributed by atoms with E-state index >= 15 is 0 Å². The van der Waals surface area contributed by atoms with E-state index in [-0.39, 0.29) is 5.54 Å². The minimum absolute atomic E-state index is 0.354. The van der Waals surface area contributed by atoms with Crippen LogP contribution in [-0.2, 0) is 6.42 Å². The summed E-state index contributed by atoms with van der Waals surface area (Å²) in [4.78, 5) is 0. The van der Waals surface area contributed by atoms with E-state index in [0.717, 1.165) is 17.9 Å². The molecular formula is C14H25N3O. The van der Waals surface area contributed by atoms with Crippen molar-refractivity contribution in [3.63, 3.8) is 0 Å². The normalized spacial score (nSPS) is 12.6. The van der Waals surface area contributed by atoms with Crippen LogP contribution in [0, 0.1) is 5.92 Å². The highest BCUT2D eigenvalue weighted by molar-refractivity contribution is 5.36. The van der Waals surface area contributed by atoms with Crippen LogP contribution in [0.25, 0.3) is 6.20 Å². The Morgan fingerprint density at radius 2 is 2.17 bits per heavy atom. The average molecular weight is 251 g/mol. The first-order valence-corrected chi connectivity index (χ1v) is 6.51. The van der Waals surface area contributed by atoms with Gasteiger partial charge in [-0.2, -0.15) is 5.10 Å². The minimum atomic E-state index is -0.354. The van der Waals surface area contributed by atoms with Gasteiger partial charge >= 0.3 is 0 Å². The van der Waals surface area contributed by atoms with Crippen LogP contribution in [0.4, 0.5) is 0 Å². The van der Waals surface area contributed by atoms with Gasteiger partial charge in [-0.1, -0.05) is 20.8 Å². The van der Waals surface area contributed by atoms with Crippen molar-refractivity contribution in [2.75, 3.05) is 6.61 Å². The molecule has 0 saturated carbocycles. The molecule has 2 N–H and O–H groups in total. The fourth-order valence-corrected chi connectivity index (χ4v) is 1.40. The van der Waals surface area contributed by atoms with Crippen molar-refractivity contribution in [1.29, 1.82) is 0 Å². The van der Waals surface area contributed by atoms with Gasteiger partial charge in [0, 0.05) is 17.3 Å². The van der Waals surface area contributed by atoms with E-state index in [9.17, 15) is 0 Å². The van der Waals surface area contributed by atoms with Crippen LogP contribution in [0.5, 0.6) is 5.88 Å². The van der Waals surface area contributed by atoms with Gasteiger partial charge < -0.3 is 10.5 Å². The van der Waals surface area contributed by atoms with Gasteiger partial charge in [-0.25, -0.2) is 4.68 Å². The summed E-state index contributed by atoms with van der Waals surface area (Å²) in [5.41, 5.74) is 6.69. The van der Waals surface area contributed by atoms with Crippen LogP contribution in [0.3, 0.4) is 0 Å². The molecule has 0 fully saturated rings. The minimum Gasteiger partial charge on any atom is -0.477 e. The van der Waals surface area contributed by atoms with Gasteiger partial charge in [-0.05, 0) is 32.3 Å². The second kappa shape index (κ2) is 6.05. The standard InChI is InChI=1S/C14H25N3O/c1-6-12-9-16-17(8-7-14(4,5)15)13(12)18-10-11(2)3/h7-9,11H,6,10,15H2,1-5H3/b8-7+. The van der Waals surface area contributed by atoms with Gasteiger partial charge in [0.15, 0.2) is 0 Å². The molecule has 4 nitrogen and oxygen atoms in total. The highest BCUT2D eigenvalue weighted by atomic mass is 16.5. The van der Waals surface area contributed by atoms with Crippen molar-refractivity contribution in [2.24, 2.45) is 11.7 Å². The van der Waals surface area contributed by atoms with E-state index in [1.165, 1.54) is 0 Å². The number of aryl methyl sites for hydroxylation is 1. The first kappa shape index (κ1) is 14.8. The van der Waals surface area contributed by atoms with Crippen molar-refractivity contribution in [2.45, 2.75) is 46.6 Å². The second-order valence-electron chi connectivity index (χ2n) is 5.62. The molecule has 0 radical (unpaired) electrons. The van der Waals surface area contributed by atoms with Gasteiger partial charge in [0.25, 0.3) is 0 Å². The Balaban J connectivity index is 2.91. The fraction of sp³-hybridized carbons (Fsp3) is 0.643. The first-order chi connectivity index (χ1) is 8.33. The molecule has 0 amide bonds. The molecule has 0 atom stereocenters. The van der Waals surface area contributed by atoms with Crippen molar-refractivity contribution >= 4 is 6.20 Å². The zero-order chi connectivity index (χ0) is 13.8. The van der Waals surface area contributed by atoms with Crippen molar-refractivity contribution in [3.8, 4) is 5.88 Å². The topological polar surface area (TPSA) is 53.1 Å². The number of aromatic nitrogens is 2. The Kier molecular flexibility index (Phi) is 4.96. The molecule has 0 unspecified atom stereocenters. The number of ether oxygens (including phenoxy) is 1. The summed E-state index contributed by atoms with van der Waals surface area (Å²) in [6, 6.07) is 0. The third kappa shape index (κ3) is 4.53. The maximum atomic E-state index is 5.93. The lowest BCUT2D eigenvalue weighted by Gasteiger charge is -2.13. The van der Waals surface area contributed by atoms with E-state index in [2.05, 4.69) is 25.9 Å². The maximum absolute atomic E-state index is 5.93. The zero-order valence-electron chi connectivity index (χ0n) is 12.1. The number of hydrogen-bond donors (Lipinski definition) is 1. The summed E-state index contributed by atoms with van der Waals surface area (Å²) < 4.78 is 7.59. The van der Waals surface area contributed by atoms with Crippen LogP contribution in [0.2, 0.25) is 0 Å². The van der Waals surface area contributed by atoms with Crippen LogP contribution < -0.4 is 10.5 Å². The molecule has 102 valence electrons. The summed E-state index contributed by atoms with van der Waals surface area (Å²) in [6.07, 6.45) is 6.55. The Morgan fingerprint density at radius 1 is 1.50 bits per heavy atom.